The third-order valence-corrected chi connectivity index (χ3v) is 4.02. The average molecular weight is 332 g/mol. The lowest BCUT2D eigenvalue weighted by Gasteiger charge is -2.16. The number of amides is 1. The summed E-state index contributed by atoms with van der Waals surface area (Å²) in [4.78, 5) is 13.4. The van der Waals surface area contributed by atoms with E-state index in [1.165, 1.54) is 12.1 Å². The molecule has 0 radical (unpaired) electrons. The van der Waals surface area contributed by atoms with E-state index in [0.29, 0.717) is 31.9 Å². The van der Waals surface area contributed by atoms with Crippen LogP contribution in [0.5, 0.6) is 0 Å². The lowest BCUT2D eigenvalue weighted by molar-refractivity contribution is 0.115. The van der Waals surface area contributed by atoms with Gasteiger partial charge >= 0.3 is 6.09 Å². The van der Waals surface area contributed by atoms with Crippen LogP contribution in [-0.4, -0.2) is 46.5 Å². The topological polar surface area (TPSA) is 59.4 Å². The minimum absolute atomic E-state index is 0.243. The quantitative estimate of drug-likeness (QED) is 0.913. The van der Waals surface area contributed by atoms with E-state index >= 15 is 0 Å². The highest BCUT2D eigenvalue weighted by molar-refractivity contribution is 5.68. The minimum atomic E-state index is -0.285. The van der Waals surface area contributed by atoms with Crippen LogP contribution in [0.15, 0.2) is 36.7 Å². The van der Waals surface area contributed by atoms with Gasteiger partial charge in [-0.2, -0.15) is 5.10 Å². The van der Waals surface area contributed by atoms with Gasteiger partial charge in [-0.3, -0.25) is 0 Å². The Balaban J connectivity index is 1.52. The van der Waals surface area contributed by atoms with Gasteiger partial charge in [-0.1, -0.05) is 6.07 Å². The predicted octanol–water partition coefficient (Wildman–Crippen LogP) is 2.33. The summed E-state index contributed by atoms with van der Waals surface area (Å²) in [6.45, 7) is 4.21. The van der Waals surface area contributed by atoms with E-state index in [1.807, 2.05) is 12.3 Å². The van der Waals surface area contributed by atoms with Crippen LogP contribution in [0.4, 0.5) is 9.18 Å². The van der Waals surface area contributed by atoms with Gasteiger partial charge in [0.15, 0.2) is 0 Å². The van der Waals surface area contributed by atoms with Gasteiger partial charge in [0.1, 0.15) is 5.82 Å². The number of hydrogen-bond acceptors (Lipinski definition) is 4. The molecule has 1 aromatic heterocycles. The fourth-order valence-corrected chi connectivity index (χ4v) is 2.78. The fraction of sp³-hybridized carbons (Fsp3) is 0.412. The van der Waals surface area contributed by atoms with Crippen LogP contribution in [0.2, 0.25) is 0 Å². The maximum Gasteiger partial charge on any atom is 0.409 e. The molecule has 0 bridgehead atoms. The van der Waals surface area contributed by atoms with E-state index in [2.05, 4.69) is 10.4 Å². The van der Waals surface area contributed by atoms with Gasteiger partial charge in [0.05, 0.1) is 18.5 Å². The molecule has 0 saturated carbocycles. The Morgan fingerprint density at radius 3 is 3.17 bits per heavy atom. The Labute approximate surface area is 140 Å². The molecule has 0 aliphatic carbocycles. The molecule has 7 heteroatoms. The van der Waals surface area contributed by atoms with Crippen molar-refractivity contribution in [2.45, 2.75) is 25.9 Å². The lowest BCUT2D eigenvalue weighted by atomic mass is 10.2. The van der Waals surface area contributed by atoms with Crippen molar-refractivity contribution in [3.63, 3.8) is 0 Å². The van der Waals surface area contributed by atoms with E-state index in [4.69, 9.17) is 4.74 Å². The number of likely N-dealkylation sites (tertiary alicyclic amines) is 1. The molecule has 1 fully saturated rings. The number of nitrogens with one attached hydrogen (secondary N) is 1. The average Bonchev–Trinajstić information content (AvgIpc) is 3.23. The normalized spacial score (nSPS) is 17.2. The summed E-state index contributed by atoms with van der Waals surface area (Å²) in [7, 11) is 0. The first-order chi connectivity index (χ1) is 11.7. The zero-order valence-corrected chi connectivity index (χ0v) is 13.6. The van der Waals surface area contributed by atoms with Gasteiger partial charge < -0.3 is 15.0 Å². The van der Waals surface area contributed by atoms with Crippen molar-refractivity contribution in [3.05, 3.63) is 48.0 Å². The summed E-state index contributed by atoms with van der Waals surface area (Å²) in [5, 5.41) is 7.69. The van der Waals surface area contributed by atoms with Crippen molar-refractivity contribution in [2.24, 2.45) is 0 Å². The predicted molar refractivity (Wildman–Crippen MR) is 87.4 cm³/mol. The summed E-state index contributed by atoms with van der Waals surface area (Å²) >= 11 is 0. The minimum Gasteiger partial charge on any atom is -0.450 e. The molecule has 2 aromatic rings. The van der Waals surface area contributed by atoms with Crippen LogP contribution in [0.1, 0.15) is 18.9 Å². The summed E-state index contributed by atoms with van der Waals surface area (Å²) in [6.07, 6.45) is 4.29. The van der Waals surface area contributed by atoms with Crippen LogP contribution in [0, 0.1) is 5.82 Å². The number of nitrogens with zero attached hydrogens (tertiary/aromatic N) is 3. The highest BCUT2D eigenvalue weighted by Crippen LogP contribution is 2.13. The van der Waals surface area contributed by atoms with Crippen molar-refractivity contribution in [2.75, 3.05) is 19.7 Å². The molecule has 1 aliphatic heterocycles. The van der Waals surface area contributed by atoms with Gasteiger partial charge in [0.25, 0.3) is 0 Å². The van der Waals surface area contributed by atoms with E-state index in [-0.39, 0.29) is 18.0 Å². The number of benzene rings is 1. The Morgan fingerprint density at radius 1 is 1.50 bits per heavy atom. The second-order valence-electron chi connectivity index (χ2n) is 5.78. The molecule has 6 nitrogen and oxygen atoms in total. The Hall–Kier alpha value is -2.41. The molecule has 2 heterocycles. The first-order valence-electron chi connectivity index (χ1n) is 8.10. The first kappa shape index (κ1) is 16.4. The maximum atomic E-state index is 13.3. The van der Waals surface area contributed by atoms with E-state index in [9.17, 15) is 9.18 Å². The Morgan fingerprint density at radius 2 is 2.38 bits per heavy atom. The van der Waals surface area contributed by atoms with E-state index in [0.717, 1.165) is 12.0 Å². The molecule has 128 valence electrons. The van der Waals surface area contributed by atoms with Crippen molar-refractivity contribution >= 4 is 6.09 Å². The van der Waals surface area contributed by atoms with E-state index < -0.39 is 0 Å². The fourth-order valence-electron chi connectivity index (χ4n) is 2.78. The maximum absolute atomic E-state index is 13.3. The molecule has 3 rings (SSSR count). The Bertz CT molecular complexity index is 703. The van der Waals surface area contributed by atoms with Gasteiger partial charge in [-0.05, 0) is 31.5 Å². The summed E-state index contributed by atoms with van der Waals surface area (Å²) in [6, 6.07) is 6.56. The second-order valence-corrected chi connectivity index (χ2v) is 5.78. The number of hydrogen-bond donors (Lipinski definition) is 1. The standard InChI is InChI=1S/C17H21FN4O2/c1-2-24-17(23)21-7-6-15(12-21)19-9-13-10-20-22(11-13)16-5-3-4-14(18)8-16/h3-5,8,10-11,15,19H,2,6-7,9,12H2,1H3. The molecule has 1 atom stereocenters. The highest BCUT2D eigenvalue weighted by atomic mass is 19.1. The van der Waals surface area contributed by atoms with Gasteiger partial charge in [0.2, 0.25) is 0 Å². The smallest absolute Gasteiger partial charge is 0.409 e. The van der Waals surface area contributed by atoms with Crippen LogP contribution in [-0.2, 0) is 11.3 Å². The van der Waals surface area contributed by atoms with Crippen molar-refractivity contribution in [1.82, 2.24) is 20.0 Å². The molecule has 1 unspecified atom stereocenters. The van der Waals surface area contributed by atoms with Crippen molar-refractivity contribution in [1.29, 1.82) is 0 Å². The van der Waals surface area contributed by atoms with Crippen molar-refractivity contribution < 1.29 is 13.9 Å². The molecular weight excluding hydrogens is 311 g/mol. The lowest BCUT2D eigenvalue weighted by Crippen LogP contribution is -2.35. The number of ether oxygens (including phenoxy) is 1. The monoisotopic (exact) mass is 332 g/mol. The molecule has 0 spiro atoms. The molecule has 1 saturated heterocycles. The summed E-state index contributed by atoms with van der Waals surface area (Å²) in [5.74, 6) is -0.285. The highest BCUT2D eigenvalue weighted by Gasteiger charge is 2.26. The Kier molecular flexibility index (Phi) is 5.10. The largest absolute Gasteiger partial charge is 0.450 e. The summed E-state index contributed by atoms with van der Waals surface area (Å²) < 4.78 is 19.9. The molecule has 24 heavy (non-hydrogen) atoms. The zero-order valence-electron chi connectivity index (χ0n) is 13.6. The third-order valence-electron chi connectivity index (χ3n) is 4.02. The van der Waals surface area contributed by atoms with Crippen molar-refractivity contribution in [3.8, 4) is 5.69 Å². The third kappa shape index (κ3) is 3.91. The second kappa shape index (κ2) is 7.44. The summed E-state index contributed by atoms with van der Waals surface area (Å²) in [5.41, 5.74) is 1.70. The van der Waals surface area contributed by atoms with Gasteiger partial charge in [-0.15, -0.1) is 0 Å². The van der Waals surface area contributed by atoms with Crippen LogP contribution >= 0.6 is 0 Å². The van der Waals surface area contributed by atoms with Crippen LogP contribution < -0.4 is 5.32 Å². The molecule has 1 aliphatic rings. The number of halogens is 1. The number of carbonyl (C=O) groups excluding carboxylic acids is 1. The van der Waals surface area contributed by atoms with Crippen LogP contribution in [0.3, 0.4) is 0 Å². The number of rotatable bonds is 5. The number of aromatic nitrogens is 2. The zero-order chi connectivity index (χ0) is 16.9. The number of carbonyl (C=O) groups is 1. The van der Waals surface area contributed by atoms with Crippen LogP contribution in [0.25, 0.3) is 5.69 Å². The first-order valence-corrected chi connectivity index (χ1v) is 8.10. The molecule has 1 N–H and O–H groups in total. The molecule has 1 amide bonds. The molecular formula is C17H21FN4O2. The SMILES string of the molecule is CCOC(=O)N1CCC(NCc2cnn(-c3cccc(F)c3)c2)C1. The van der Waals surface area contributed by atoms with Gasteiger partial charge in [-0.25, -0.2) is 13.9 Å². The van der Waals surface area contributed by atoms with Gasteiger partial charge in [0, 0.05) is 37.4 Å². The van der Waals surface area contributed by atoms with E-state index in [1.54, 1.807) is 28.8 Å². The molecule has 1 aromatic carbocycles.